The molecule has 1 amide bonds. The van der Waals surface area contributed by atoms with Crippen LogP contribution in [0.15, 0.2) is 60.9 Å². The number of carbonyl (C=O) groups excluding carboxylic acids is 1. The van der Waals surface area contributed by atoms with Crippen molar-refractivity contribution in [2.75, 3.05) is 5.32 Å². The Bertz CT molecular complexity index is 1180. The van der Waals surface area contributed by atoms with Gasteiger partial charge in [0.2, 0.25) is 10.9 Å². The van der Waals surface area contributed by atoms with Crippen LogP contribution in [0.2, 0.25) is 0 Å². The molecule has 0 saturated carbocycles. The lowest BCUT2D eigenvalue weighted by Gasteiger charge is -2.04. The first kappa shape index (κ1) is 17.5. The first-order valence-corrected chi connectivity index (χ1v) is 8.91. The van der Waals surface area contributed by atoms with Gasteiger partial charge in [0.25, 0.3) is 5.69 Å². The number of nitro benzene ring substituents is 1. The summed E-state index contributed by atoms with van der Waals surface area (Å²) in [5, 5.41) is 26.5. The van der Waals surface area contributed by atoms with E-state index in [1.165, 1.54) is 41.9 Å². The predicted molar refractivity (Wildman–Crippen MR) is 105 cm³/mol. The molecule has 0 unspecified atom stereocenters. The third kappa shape index (κ3) is 3.76. The van der Waals surface area contributed by atoms with E-state index in [0.29, 0.717) is 16.2 Å². The highest BCUT2D eigenvalue weighted by Gasteiger charge is 2.09. The van der Waals surface area contributed by atoms with E-state index in [4.69, 9.17) is 0 Å². The Balaban J connectivity index is 1.48. The van der Waals surface area contributed by atoms with Crippen molar-refractivity contribution < 1.29 is 9.72 Å². The Morgan fingerprint density at radius 2 is 2.07 bits per heavy atom. The number of rotatable bonds is 5. The van der Waals surface area contributed by atoms with Crippen LogP contribution in [0, 0.1) is 10.1 Å². The van der Waals surface area contributed by atoms with E-state index in [9.17, 15) is 14.9 Å². The quantitative estimate of drug-likeness (QED) is 0.316. The van der Waals surface area contributed by atoms with Crippen LogP contribution in [0.5, 0.6) is 0 Å². The van der Waals surface area contributed by atoms with Crippen LogP contribution in [0.4, 0.5) is 11.4 Å². The van der Waals surface area contributed by atoms with Gasteiger partial charge in [-0.25, -0.2) is 0 Å². The fourth-order valence-electron chi connectivity index (χ4n) is 2.50. The normalized spacial score (nSPS) is 11.1. The maximum absolute atomic E-state index is 12.2. The number of anilines is 1. The van der Waals surface area contributed by atoms with Crippen LogP contribution >= 0.6 is 11.3 Å². The third-order valence-corrected chi connectivity index (χ3v) is 4.73. The molecule has 4 rings (SSSR count). The Kier molecular flexibility index (Phi) is 4.60. The minimum Gasteiger partial charge on any atom is -0.322 e. The number of hydrogen-bond acceptors (Lipinski definition) is 7. The largest absolute Gasteiger partial charge is 0.322 e. The van der Waals surface area contributed by atoms with Crippen LogP contribution in [0.3, 0.4) is 0 Å². The number of carbonyl (C=O) groups is 1. The summed E-state index contributed by atoms with van der Waals surface area (Å²) < 4.78 is 1.59. The second kappa shape index (κ2) is 7.37. The second-order valence-corrected chi connectivity index (χ2v) is 6.68. The van der Waals surface area contributed by atoms with Crippen molar-refractivity contribution in [1.29, 1.82) is 0 Å². The monoisotopic (exact) mass is 392 g/mol. The molecular weight excluding hydrogens is 380 g/mol. The van der Waals surface area contributed by atoms with Crippen molar-refractivity contribution in [3.8, 4) is 10.6 Å². The molecule has 10 heteroatoms. The molecule has 0 spiro atoms. The molecule has 0 saturated heterocycles. The maximum atomic E-state index is 12.2. The van der Waals surface area contributed by atoms with E-state index < -0.39 is 4.92 Å². The second-order valence-electron chi connectivity index (χ2n) is 5.72. The molecular formula is C18H12N6O3S. The zero-order chi connectivity index (χ0) is 19.5. The van der Waals surface area contributed by atoms with Crippen LogP contribution in [0.25, 0.3) is 21.6 Å². The number of nitrogens with one attached hydrogen (secondary N) is 1. The smallest absolute Gasteiger partial charge is 0.270 e. The van der Waals surface area contributed by atoms with E-state index in [0.717, 1.165) is 10.6 Å². The van der Waals surface area contributed by atoms with E-state index in [-0.39, 0.29) is 11.6 Å². The zero-order valence-corrected chi connectivity index (χ0v) is 15.0. The molecule has 9 nitrogen and oxygen atoms in total. The van der Waals surface area contributed by atoms with Gasteiger partial charge in [-0.2, -0.15) is 9.61 Å². The van der Waals surface area contributed by atoms with E-state index in [1.807, 2.05) is 18.2 Å². The summed E-state index contributed by atoms with van der Waals surface area (Å²) in [6.45, 7) is 0. The standard InChI is InChI=1S/C18H12N6O3S/c25-16(8-7-12-3-1-6-15(9-12)24(26)27)20-14-5-2-4-13(10-14)17-22-23-11-19-21-18(23)28-17/h1-11H,(H,20,25). The highest BCUT2D eigenvalue weighted by molar-refractivity contribution is 7.19. The van der Waals surface area contributed by atoms with Crippen molar-refractivity contribution in [3.05, 3.63) is 76.6 Å². The summed E-state index contributed by atoms with van der Waals surface area (Å²) >= 11 is 1.39. The maximum Gasteiger partial charge on any atom is 0.270 e. The summed E-state index contributed by atoms with van der Waals surface area (Å²) in [5.74, 6) is -0.346. The van der Waals surface area contributed by atoms with Gasteiger partial charge in [-0.05, 0) is 23.8 Å². The van der Waals surface area contributed by atoms with Gasteiger partial charge in [-0.1, -0.05) is 35.6 Å². The molecule has 0 aliphatic carbocycles. The van der Waals surface area contributed by atoms with Crippen LogP contribution < -0.4 is 5.32 Å². The number of nitrogens with zero attached hydrogens (tertiary/aromatic N) is 5. The molecule has 2 aromatic heterocycles. The van der Waals surface area contributed by atoms with Crippen LogP contribution in [-0.4, -0.2) is 30.6 Å². The van der Waals surface area contributed by atoms with Gasteiger partial charge in [0.15, 0.2) is 0 Å². The van der Waals surface area contributed by atoms with E-state index in [1.54, 1.807) is 22.7 Å². The molecule has 0 bridgehead atoms. The average Bonchev–Trinajstić information content (AvgIpc) is 3.29. The third-order valence-electron chi connectivity index (χ3n) is 3.77. The summed E-state index contributed by atoms with van der Waals surface area (Å²) in [6.07, 6.45) is 4.38. The van der Waals surface area contributed by atoms with Crippen LogP contribution in [0.1, 0.15) is 5.56 Å². The predicted octanol–water partition coefficient (Wildman–Crippen LogP) is 3.41. The minimum atomic E-state index is -0.477. The fraction of sp³-hybridized carbons (Fsp3) is 0. The molecule has 1 N–H and O–H groups in total. The molecule has 0 aliphatic heterocycles. The van der Waals surface area contributed by atoms with Gasteiger partial charge >= 0.3 is 0 Å². The molecule has 2 aromatic carbocycles. The number of amides is 1. The molecule has 28 heavy (non-hydrogen) atoms. The first-order chi connectivity index (χ1) is 13.6. The Morgan fingerprint density at radius 1 is 1.21 bits per heavy atom. The Hall–Kier alpha value is -3.92. The molecule has 138 valence electrons. The summed E-state index contributed by atoms with van der Waals surface area (Å²) in [5.41, 5.74) is 1.99. The van der Waals surface area contributed by atoms with Crippen LogP contribution in [-0.2, 0) is 4.79 Å². The zero-order valence-electron chi connectivity index (χ0n) is 14.2. The lowest BCUT2D eigenvalue weighted by molar-refractivity contribution is -0.384. The van der Waals surface area contributed by atoms with E-state index in [2.05, 4.69) is 20.6 Å². The highest BCUT2D eigenvalue weighted by Crippen LogP contribution is 2.26. The molecule has 4 aromatic rings. The summed E-state index contributed by atoms with van der Waals surface area (Å²) in [4.78, 5) is 23.2. The van der Waals surface area contributed by atoms with Gasteiger partial charge in [-0.3, -0.25) is 14.9 Å². The molecule has 0 atom stereocenters. The van der Waals surface area contributed by atoms with Crippen molar-refractivity contribution in [1.82, 2.24) is 19.8 Å². The topological polar surface area (TPSA) is 115 Å². The number of hydrogen-bond donors (Lipinski definition) is 1. The summed E-state index contributed by atoms with van der Waals surface area (Å²) in [7, 11) is 0. The number of non-ortho nitro benzene ring substituents is 1. The minimum absolute atomic E-state index is 0.0275. The number of aromatic nitrogens is 4. The van der Waals surface area contributed by atoms with Crippen molar-refractivity contribution in [3.63, 3.8) is 0 Å². The molecule has 2 heterocycles. The Morgan fingerprint density at radius 3 is 2.89 bits per heavy atom. The number of nitro groups is 1. The van der Waals surface area contributed by atoms with Gasteiger partial charge in [0, 0.05) is 29.5 Å². The lowest BCUT2D eigenvalue weighted by atomic mass is 10.2. The number of fused-ring (bicyclic) bond motifs is 1. The van der Waals surface area contributed by atoms with Crippen molar-refractivity contribution in [2.45, 2.75) is 0 Å². The van der Waals surface area contributed by atoms with Crippen molar-refractivity contribution >= 4 is 39.7 Å². The highest BCUT2D eigenvalue weighted by atomic mass is 32.1. The SMILES string of the molecule is O=C(C=Cc1cccc([N+](=O)[O-])c1)Nc1cccc(-c2nn3cnnc3s2)c1. The van der Waals surface area contributed by atoms with Crippen molar-refractivity contribution in [2.24, 2.45) is 0 Å². The molecule has 0 radical (unpaired) electrons. The van der Waals surface area contributed by atoms with Gasteiger partial charge in [0.05, 0.1) is 4.92 Å². The number of benzene rings is 2. The lowest BCUT2D eigenvalue weighted by Crippen LogP contribution is -2.07. The fourth-order valence-corrected chi connectivity index (χ4v) is 3.32. The molecule has 0 aliphatic rings. The average molecular weight is 392 g/mol. The first-order valence-electron chi connectivity index (χ1n) is 8.09. The summed E-state index contributed by atoms with van der Waals surface area (Å²) in [6, 6.07) is 13.3. The Labute approximate surface area is 162 Å². The molecule has 0 fully saturated rings. The van der Waals surface area contributed by atoms with Gasteiger partial charge in [0.1, 0.15) is 11.3 Å². The van der Waals surface area contributed by atoms with Gasteiger partial charge in [-0.15, -0.1) is 10.2 Å². The van der Waals surface area contributed by atoms with Gasteiger partial charge < -0.3 is 5.32 Å². The van der Waals surface area contributed by atoms with E-state index >= 15 is 0 Å².